The Morgan fingerprint density at radius 3 is 2.38 bits per heavy atom. The fourth-order valence-electron chi connectivity index (χ4n) is 4.51. The highest BCUT2D eigenvalue weighted by Crippen LogP contribution is 2.41. The third-order valence-corrected chi connectivity index (χ3v) is 7.62. The number of aryl methyl sites for hydroxylation is 3. The molecular weight excluding hydrogens is 555 g/mol. The van der Waals surface area contributed by atoms with E-state index >= 15 is 0 Å². The molecule has 0 bridgehead atoms. The van der Waals surface area contributed by atoms with E-state index in [1.165, 1.54) is 24.3 Å². The zero-order chi connectivity index (χ0) is 29.5. The van der Waals surface area contributed by atoms with E-state index in [0.29, 0.717) is 18.4 Å². The third-order valence-electron chi connectivity index (χ3n) is 6.63. The largest absolute Gasteiger partial charge is 0.493 e. The lowest BCUT2D eigenvalue weighted by atomic mass is 10.1. The number of aromatic carboxylic acids is 1. The Balaban J connectivity index is 1.37. The van der Waals surface area contributed by atoms with Crippen LogP contribution in [0.5, 0.6) is 5.88 Å². The summed E-state index contributed by atoms with van der Waals surface area (Å²) in [5.74, 6) is -0.816. The number of benzene rings is 4. The van der Waals surface area contributed by atoms with Crippen molar-refractivity contribution in [2.24, 2.45) is 10.2 Å². The molecule has 212 valence electrons. The number of nitrogens with zero attached hydrogens (tertiary/aromatic N) is 3. The van der Waals surface area contributed by atoms with E-state index in [9.17, 15) is 19.1 Å². The van der Waals surface area contributed by atoms with Crippen LogP contribution in [-0.2, 0) is 19.4 Å². The molecule has 8 nitrogen and oxygen atoms in total. The number of hydrogen-bond acceptors (Lipinski definition) is 5. The average Bonchev–Trinajstić information content (AvgIpc) is 3.25. The number of aromatic nitrogens is 1. The van der Waals surface area contributed by atoms with Crippen molar-refractivity contribution in [3.63, 3.8) is 0 Å². The number of azo groups is 1. The molecule has 1 aromatic heterocycles. The van der Waals surface area contributed by atoms with Crippen LogP contribution in [0.3, 0.4) is 0 Å². The summed E-state index contributed by atoms with van der Waals surface area (Å²) in [4.78, 5) is 24.5. The second-order valence-electron chi connectivity index (χ2n) is 9.48. The molecule has 2 amide bonds. The number of nitrogens with one attached hydrogen (secondary N) is 1. The summed E-state index contributed by atoms with van der Waals surface area (Å²) in [6, 6.07) is 27.2. The van der Waals surface area contributed by atoms with Crippen molar-refractivity contribution in [2.75, 3.05) is 11.1 Å². The molecule has 5 rings (SSSR count). The molecular formula is C32H27FN4O4S. The molecule has 0 aliphatic rings. The van der Waals surface area contributed by atoms with E-state index in [1.807, 2.05) is 60.7 Å². The van der Waals surface area contributed by atoms with Gasteiger partial charge in [0.25, 0.3) is 0 Å². The van der Waals surface area contributed by atoms with Gasteiger partial charge in [-0.2, -0.15) is 0 Å². The second-order valence-corrected chi connectivity index (χ2v) is 10.6. The molecule has 4 aromatic carbocycles. The summed E-state index contributed by atoms with van der Waals surface area (Å²) in [5.41, 5.74) is 3.54. The number of carboxylic acid groups (broad SMARTS) is 1. The molecule has 0 saturated heterocycles. The quantitative estimate of drug-likeness (QED) is 0.114. The molecule has 0 saturated carbocycles. The van der Waals surface area contributed by atoms with Crippen LogP contribution >= 0.6 is 11.8 Å². The van der Waals surface area contributed by atoms with Gasteiger partial charge in [0.1, 0.15) is 5.82 Å². The van der Waals surface area contributed by atoms with Crippen molar-refractivity contribution in [1.29, 1.82) is 0 Å². The number of urea groups is 1. The van der Waals surface area contributed by atoms with Crippen molar-refractivity contribution < 1.29 is 24.2 Å². The molecule has 0 radical (unpaired) electrons. The van der Waals surface area contributed by atoms with E-state index in [-0.39, 0.29) is 22.8 Å². The van der Waals surface area contributed by atoms with Gasteiger partial charge in [-0.05, 0) is 72.5 Å². The summed E-state index contributed by atoms with van der Waals surface area (Å²) in [6.07, 6.45) is 1.41. The topological polar surface area (TPSA) is 116 Å². The molecule has 42 heavy (non-hydrogen) atoms. The Hall–Kier alpha value is -4.96. The fourth-order valence-corrected chi connectivity index (χ4v) is 5.45. The van der Waals surface area contributed by atoms with E-state index in [4.69, 9.17) is 5.11 Å². The standard InChI is InChI=1S/C32H27FN4O4S/c33-24-7-4-8-25(19-24)34-32(41)36-35-29-27-20-26(42-18-16-22-9-11-23(12-10-22)31(39)40)13-14-28(27)37(30(29)38)17-15-21-5-2-1-3-6-21/h1-14,19-20,38H,15-18H2,(H,34,41)(H,39,40). The van der Waals surface area contributed by atoms with Gasteiger partial charge in [0, 0.05) is 28.3 Å². The van der Waals surface area contributed by atoms with Gasteiger partial charge in [-0.15, -0.1) is 16.9 Å². The lowest BCUT2D eigenvalue weighted by Gasteiger charge is -2.08. The van der Waals surface area contributed by atoms with Gasteiger partial charge in [-0.3, -0.25) is 0 Å². The normalized spacial score (nSPS) is 11.3. The lowest BCUT2D eigenvalue weighted by molar-refractivity contribution is 0.0697. The van der Waals surface area contributed by atoms with Crippen LogP contribution in [-0.4, -0.2) is 32.5 Å². The molecule has 10 heteroatoms. The Kier molecular flexibility index (Phi) is 8.93. The summed E-state index contributed by atoms with van der Waals surface area (Å²) in [6.45, 7) is 0.482. The zero-order valence-electron chi connectivity index (χ0n) is 22.4. The van der Waals surface area contributed by atoms with E-state index in [0.717, 1.165) is 33.7 Å². The first-order valence-electron chi connectivity index (χ1n) is 13.2. The summed E-state index contributed by atoms with van der Waals surface area (Å²) in [7, 11) is 0. The number of carbonyl (C=O) groups excluding carboxylic acids is 1. The minimum absolute atomic E-state index is 0.107. The van der Waals surface area contributed by atoms with Crippen LogP contribution in [0.25, 0.3) is 10.9 Å². The molecule has 0 unspecified atom stereocenters. The first kappa shape index (κ1) is 28.6. The predicted octanol–water partition coefficient (Wildman–Crippen LogP) is 8.08. The second kappa shape index (κ2) is 13.1. The van der Waals surface area contributed by atoms with Crippen molar-refractivity contribution in [2.45, 2.75) is 24.3 Å². The SMILES string of the molecule is O=C(N=Nc1c(O)n(CCc2ccccc2)c2ccc(SCCc3ccc(C(=O)O)cc3)cc12)Nc1cccc(F)c1. The highest BCUT2D eigenvalue weighted by Gasteiger charge is 2.18. The molecule has 5 aromatic rings. The van der Waals surface area contributed by atoms with Gasteiger partial charge in [0.2, 0.25) is 5.88 Å². The number of anilines is 1. The van der Waals surface area contributed by atoms with Crippen LogP contribution in [0.1, 0.15) is 21.5 Å². The molecule has 0 aliphatic heterocycles. The van der Waals surface area contributed by atoms with Crippen LogP contribution < -0.4 is 5.32 Å². The number of amides is 2. The van der Waals surface area contributed by atoms with Crippen molar-refractivity contribution in [3.05, 3.63) is 120 Å². The van der Waals surface area contributed by atoms with Crippen LogP contribution in [0.2, 0.25) is 0 Å². The number of hydrogen-bond donors (Lipinski definition) is 3. The molecule has 1 heterocycles. The first-order valence-corrected chi connectivity index (χ1v) is 14.2. The maximum Gasteiger partial charge on any atom is 0.364 e. The maximum absolute atomic E-state index is 13.5. The van der Waals surface area contributed by atoms with Gasteiger partial charge in [0.15, 0.2) is 5.69 Å². The van der Waals surface area contributed by atoms with E-state index in [2.05, 4.69) is 15.5 Å². The highest BCUT2D eigenvalue weighted by atomic mass is 32.2. The number of fused-ring (bicyclic) bond motifs is 1. The minimum Gasteiger partial charge on any atom is -0.493 e. The Morgan fingerprint density at radius 1 is 0.881 bits per heavy atom. The number of aromatic hydroxyl groups is 1. The van der Waals surface area contributed by atoms with Crippen LogP contribution in [0.4, 0.5) is 20.6 Å². The van der Waals surface area contributed by atoms with Crippen molar-refractivity contribution >= 4 is 46.0 Å². The Morgan fingerprint density at radius 2 is 1.64 bits per heavy atom. The zero-order valence-corrected chi connectivity index (χ0v) is 23.2. The molecule has 0 fully saturated rings. The minimum atomic E-state index is -0.956. The van der Waals surface area contributed by atoms with Gasteiger partial charge < -0.3 is 20.1 Å². The van der Waals surface area contributed by atoms with Crippen LogP contribution in [0.15, 0.2) is 112 Å². The highest BCUT2D eigenvalue weighted by molar-refractivity contribution is 7.99. The number of carboxylic acids is 1. The van der Waals surface area contributed by atoms with E-state index < -0.39 is 17.8 Å². The van der Waals surface area contributed by atoms with E-state index in [1.54, 1.807) is 28.5 Å². The summed E-state index contributed by atoms with van der Waals surface area (Å²) < 4.78 is 15.2. The molecule has 0 atom stereocenters. The maximum atomic E-state index is 13.5. The number of halogens is 1. The predicted molar refractivity (Wildman–Crippen MR) is 162 cm³/mol. The number of rotatable bonds is 10. The van der Waals surface area contributed by atoms with Gasteiger partial charge in [-0.1, -0.05) is 53.6 Å². The Bertz CT molecular complexity index is 1750. The van der Waals surface area contributed by atoms with Crippen LogP contribution in [0, 0.1) is 5.82 Å². The fraction of sp³-hybridized carbons (Fsp3) is 0.125. The smallest absolute Gasteiger partial charge is 0.364 e. The molecule has 0 aliphatic carbocycles. The molecule has 3 N–H and O–H groups in total. The monoisotopic (exact) mass is 582 g/mol. The van der Waals surface area contributed by atoms with Gasteiger partial charge in [0.05, 0.1) is 11.1 Å². The summed E-state index contributed by atoms with van der Waals surface area (Å²) >= 11 is 1.61. The van der Waals surface area contributed by atoms with Gasteiger partial charge in [-0.25, -0.2) is 14.0 Å². The number of carbonyl (C=O) groups is 2. The van der Waals surface area contributed by atoms with Crippen molar-refractivity contribution in [1.82, 2.24) is 4.57 Å². The lowest BCUT2D eigenvalue weighted by Crippen LogP contribution is -2.05. The first-order chi connectivity index (χ1) is 20.4. The van der Waals surface area contributed by atoms with Crippen molar-refractivity contribution in [3.8, 4) is 5.88 Å². The molecule has 0 spiro atoms. The number of thioether (sulfide) groups is 1. The summed E-state index contributed by atoms with van der Waals surface area (Å²) in [5, 5.41) is 31.2. The van der Waals surface area contributed by atoms with Gasteiger partial charge >= 0.3 is 12.0 Å². The third kappa shape index (κ3) is 7.02. The average molecular weight is 583 g/mol. The Labute approximate surface area is 245 Å².